The minimum Gasteiger partial charge on any atom is -0.352 e. The van der Waals surface area contributed by atoms with Crippen molar-refractivity contribution in [3.8, 4) is 0 Å². The number of likely N-dealkylation sites (tertiary alicyclic amines) is 1. The molecule has 0 aliphatic carbocycles. The molecule has 0 bridgehead atoms. The molecule has 0 spiro atoms. The fourth-order valence-electron chi connectivity index (χ4n) is 3.47. The fraction of sp³-hybridized carbons (Fsp3) is 0.350. The number of rotatable bonds is 5. The van der Waals surface area contributed by atoms with Gasteiger partial charge in [-0.15, -0.1) is 11.3 Å². The predicted molar refractivity (Wildman–Crippen MR) is 112 cm³/mol. The molecule has 150 valence electrons. The van der Waals surface area contributed by atoms with Crippen LogP contribution in [0.25, 0.3) is 10.2 Å². The van der Waals surface area contributed by atoms with Gasteiger partial charge in [0, 0.05) is 32.3 Å². The van der Waals surface area contributed by atoms with Crippen LogP contribution >= 0.6 is 11.3 Å². The van der Waals surface area contributed by atoms with E-state index in [0.717, 1.165) is 22.3 Å². The molecule has 0 radical (unpaired) electrons. The van der Waals surface area contributed by atoms with Crippen LogP contribution in [0.15, 0.2) is 35.8 Å². The lowest BCUT2D eigenvalue weighted by molar-refractivity contribution is -0.119. The lowest BCUT2D eigenvalue weighted by Gasteiger charge is -2.18. The van der Waals surface area contributed by atoms with Crippen LogP contribution in [0, 0.1) is 0 Å². The molecule has 4 heterocycles. The van der Waals surface area contributed by atoms with E-state index in [1.165, 1.54) is 18.3 Å². The van der Waals surface area contributed by atoms with Gasteiger partial charge in [-0.3, -0.25) is 14.6 Å². The Morgan fingerprint density at radius 2 is 2.14 bits per heavy atom. The highest BCUT2D eigenvalue weighted by atomic mass is 32.1. The van der Waals surface area contributed by atoms with Crippen molar-refractivity contribution in [2.24, 2.45) is 0 Å². The number of pyridine rings is 1. The fourth-order valence-corrected chi connectivity index (χ4v) is 4.28. The van der Waals surface area contributed by atoms with Gasteiger partial charge in [-0.1, -0.05) is 6.07 Å². The molecule has 2 amide bonds. The van der Waals surface area contributed by atoms with Crippen molar-refractivity contribution in [3.63, 3.8) is 0 Å². The average Bonchev–Trinajstić information content (AvgIpc) is 3.36. The third-order valence-electron chi connectivity index (χ3n) is 4.87. The van der Waals surface area contributed by atoms with Crippen LogP contribution in [-0.4, -0.2) is 50.8 Å². The van der Waals surface area contributed by atoms with Crippen molar-refractivity contribution in [3.05, 3.63) is 47.2 Å². The largest absolute Gasteiger partial charge is 0.352 e. The first-order valence-corrected chi connectivity index (χ1v) is 10.4. The number of hydrogen-bond donors (Lipinski definition) is 2. The number of carbonyl (C=O) groups is 2. The average molecular weight is 411 g/mol. The van der Waals surface area contributed by atoms with Crippen LogP contribution < -0.4 is 10.6 Å². The number of fused-ring (bicyclic) bond motifs is 1. The Morgan fingerprint density at radius 3 is 2.90 bits per heavy atom. The van der Waals surface area contributed by atoms with Crippen molar-refractivity contribution in [2.75, 3.05) is 18.4 Å². The number of carbonyl (C=O) groups excluding carboxylic acids is 2. The normalized spacial score (nSPS) is 17.3. The molecule has 1 fully saturated rings. The van der Waals surface area contributed by atoms with Crippen molar-refractivity contribution in [1.29, 1.82) is 0 Å². The number of nitrogens with one attached hydrogen (secondary N) is 2. The first kappa shape index (κ1) is 19.3. The number of thiophene rings is 1. The number of anilines is 1. The molecular formula is C20H22N6O2S. The zero-order chi connectivity index (χ0) is 20.4. The maximum Gasteiger partial charge on any atom is 0.274 e. The monoisotopic (exact) mass is 410 g/mol. The summed E-state index contributed by atoms with van der Waals surface area (Å²) in [6, 6.07) is 7.49. The molecule has 0 saturated carbocycles. The molecule has 1 saturated heterocycles. The second-order valence-electron chi connectivity index (χ2n) is 7.09. The van der Waals surface area contributed by atoms with Crippen molar-refractivity contribution >= 4 is 39.3 Å². The molecule has 2 atom stereocenters. The number of amides is 2. The van der Waals surface area contributed by atoms with E-state index < -0.39 is 0 Å². The number of aromatic nitrogens is 3. The molecule has 29 heavy (non-hydrogen) atoms. The topological polar surface area (TPSA) is 100 Å². The Kier molecular flexibility index (Phi) is 5.39. The molecule has 3 aromatic rings. The Hall–Kier alpha value is -3.07. The Balaban J connectivity index is 1.58. The molecular weight excluding hydrogens is 388 g/mol. The zero-order valence-corrected chi connectivity index (χ0v) is 17.1. The van der Waals surface area contributed by atoms with E-state index in [-0.39, 0.29) is 23.9 Å². The van der Waals surface area contributed by atoms with Gasteiger partial charge in [-0.2, -0.15) is 0 Å². The van der Waals surface area contributed by atoms with Crippen LogP contribution in [0.4, 0.5) is 5.95 Å². The molecule has 9 heteroatoms. The van der Waals surface area contributed by atoms with E-state index in [4.69, 9.17) is 0 Å². The number of hydrogen-bond acceptors (Lipinski definition) is 7. The van der Waals surface area contributed by atoms with Crippen LogP contribution in [0.2, 0.25) is 0 Å². The maximum absolute atomic E-state index is 13.2. The van der Waals surface area contributed by atoms with Crippen LogP contribution in [0.5, 0.6) is 0 Å². The summed E-state index contributed by atoms with van der Waals surface area (Å²) in [5.41, 5.74) is 2.00. The van der Waals surface area contributed by atoms with Crippen LogP contribution in [-0.2, 0) is 4.79 Å². The van der Waals surface area contributed by atoms with Gasteiger partial charge >= 0.3 is 0 Å². The summed E-state index contributed by atoms with van der Waals surface area (Å²) < 4.78 is 0.772. The van der Waals surface area contributed by atoms with Gasteiger partial charge in [0.1, 0.15) is 0 Å². The van der Waals surface area contributed by atoms with Gasteiger partial charge in [0.15, 0.2) is 5.69 Å². The van der Waals surface area contributed by atoms with Gasteiger partial charge in [-0.25, -0.2) is 9.97 Å². The minimum atomic E-state index is -0.138. The Bertz CT molecular complexity index is 1040. The summed E-state index contributed by atoms with van der Waals surface area (Å²) in [6.45, 7) is 4.55. The van der Waals surface area contributed by atoms with E-state index in [1.54, 1.807) is 11.1 Å². The smallest absolute Gasteiger partial charge is 0.274 e. The quantitative estimate of drug-likeness (QED) is 0.671. The van der Waals surface area contributed by atoms with E-state index >= 15 is 0 Å². The van der Waals surface area contributed by atoms with Gasteiger partial charge < -0.3 is 15.5 Å². The van der Waals surface area contributed by atoms with Gasteiger partial charge in [0.25, 0.3) is 5.91 Å². The van der Waals surface area contributed by atoms with Crippen molar-refractivity contribution in [1.82, 2.24) is 25.2 Å². The molecule has 3 aromatic heterocycles. The van der Waals surface area contributed by atoms with Gasteiger partial charge in [-0.05, 0) is 36.9 Å². The predicted octanol–water partition coefficient (Wildman–Crippen LogP) is 2.61. The molecule has 1 aliphatic rings. The molecule has 0 aromatic carbocycles. The van der Waals surface area contributed by atoms with Crippen LogP contribution in [0.3, 0.4) is 0 Å². The van der Waals surface area contributed by atoms with E-state index in [0.29, 0.717) is 24.7 Å². The molecule has 1 aliphatic heterocycles. The first-order chi connectivity index (χ1) is 14.0. The second-order valence-corrected chi connectivity index (χ2v) is 8.00. The second kappa shape index (κ2) is 8.12. The Labute approximate surface area is 172 Å². The summed E-state index contributed by atoms with van der Waals surface area (Å²) in [5.74, 6) is 0.179. The van der Waals surface area contributed by atoms with Crippen molar-refractivity contribution in [2.45, 2.75) is 32.4 Å². The number of nitrogens with zero attached hydrogens (tertiary/aromatic N) is 4. The summed E-state index contributed by atoms with van der Waals surface area (Å²) >= 11 is 1.45. The standard InChI is InChI=1S/C20H22N6O2S/c1-12(15-5-3-4-8-21-15)22-20-24-16-7-10-29-18(16)17(25-20)19(28)26-9-6-14(11-26)23-13(2)27/h3-5,7-8,10,12,14H,6,9,11H2,1-2H3,(H,23,27)(H,22,24,25)/t12?,14-/m0/s1. The highest BCUT2D eigenvalue weighted by Gasteiger charge is 2.30. The van der Waals surface area contributed by atoms with Gasteiger partial charge in [0.2, 0.25) is 11.9 Å². The van der Waals surface area contributed by atoms with Crippen molar-refractivity contribution < 1.29 is 9.59 Å². The summed E-state index contributed by atoms with van der Waals surface area (Å²) in [7, 11) is 0. The van der Waals surface area contributed by atoms with E-state index in [2.05, 4.69) is 25.6 Å². The lowest BCUT2D eigenvalue weighted by Crippen LogP contribution is -2.37. The maximum atomic E-state index is 13.2. The highest BCUT2D eigenvalue weighted by Crippen LogP contribution is 2.27. The highest BCUT2D eigenvalue weighted by molar-refractivity contribution is 7.17. The summed E-state index contributed by atoms with van der Waals surface area (Å²) in [4.78, 5) is 39.7. The van der Waals surface area contributed by atoms with Gasteiger partial charge in [0.05, 0.1) is 22.0 Å². The summed E-state index contributed by atoms with van der Waals surface area (Å²) in [5, 5.41) is 8.05. The third kappa shape index (κ3) is 4.19. The molecule has 2 N–H and O–H groups in total. The lowest BCUT2D eigenvalue weighted by atomic mass is 10.2. The minimum absolute atomic E-state index is 0.0149. The summed E-state index contributed by atoms with van der Waals surface area (Å²) in [6.07, 6.45) is 2.48. The molecule has 4 rings (SSSR count). The molecule has 8 nitrogen and oxygen atoms in total. The zero-order valence-electron chi connectivity index (χ0n) is 16.3. The molecule has 1 unspecified atom stereocenters. The third-order valence-corrected chi connectivity index (χ3v) is 5.78. The first-order valence-electron chi connectivity index (χ1n) is 9.50. The SMILES string of the molecule is CC(=O)N[C@H]1CCN(C(=O)c2nc(NC(C)c3ccccn3)nc3ccsc23)C1. The Morgan fingerprint density at radius 1 is 1.28 bits per heavy atom. The van der Waals surface area contributed by atoms with E-state index in [9.17, 15) is 9.59 Å². The van der Waals surface area contributed by atoms with E-state index in [1.807, 2.05) is 36.6 Å². The van der Waals surface area contributed by atoms with Crippen LogP contribution in [0.1, 0.15) is 42.5 Å².